The summed E-state index contributed by atoms with van der Waals surface area (Å²) in [6, 6.07) is 6.15. The van der Waals surface area contributed by atoms with Gasteiger partial charge in [0.2, 0.25) is 0 Å². The average Bonchev–Trinajstić information content (AvgIpc) is 2.71. The third kappa shape index (κ3) is 2.50. The molecule has 0 N–H and O–H groups in total. The molecule has 0 spiro atoms. The summed E-state index contributed by atoms with van der Waals surface area (Å²) in [5, 5.41) is 0.873. The number of rotatable bonds is 4. The third-order valence-corrected chi connectivity index (χ3v) is 3.55. The van der Waals surface area contributed by atoms with Crippen molar-refractivity contribution in [2.24, 2.45) is 0 Å². The third-order valence-electron chi connectivity index (χ3n) is 2.51. The maximum absolute atomic E-state index is 10.5. The standard InChI is InChI=1S/C14H13NOS/c1-3-4-10(2)11-5-6-12-13(9-11)17-14(15-12)7-8-16/h3-6,8-9H,1,7H2,2H3/b10-4+. The van der Waals surface area contributed by atoms with Gasteiger partial charge in [-0.25, -0.2) is 4.98 Å². The van der Waals surface area contributed by atoms with Crippen molar-refractivity contribution < 1.29 is 4.79 Å². The fourth-order valence-electron chi connectivity index (χ4n) is 1.65. The Bertz CT molecular complexity index is 595. The lowest BCUT2D eigenvalue weighted by molar-refractivity contribution is -0.107. The molecule has 2 nitrogen and oxygen atoms in total. The molecule has 0 bridgehead atoms. The van der Waals surface area contributed by atoms with Crippen LogP contribution in [0.1, 0.15) is 17.5 Å². The van der Waals surface area contributed by atoms with E-state index in [2.05, 4.69) is 24.6 Å². The zero-order valence-corrected chi connectivity index (χ0v) is 10.5. The largest absolute Gasteiger partial charge is 0.303 e. The number of hydrogen-bond acceptors (Lipinski definition) is 3. The van der Waals surface area contributed by atoms with Crippen molar-refractivity contribution in [3.05, 3.63) is 47.5 Å². The second-order valence-corrected chi connectivity index (χ2v) is 4.86. The van der Waals surface area contributed by atoms with Crippen LogP contribution in [0.5, 0.6) is 0 Å². The predicted molar refractivity (Wildman–Crippen MR) is 73.2 cm³/mol. The summed E-state index contributed by atoms with van der Waals surface area (Å²) in [6.07, 6.45) is 5.05. The van der Waals surface area contributed by atoms with Crippen LogP contribution >= 0.6 is 11.3 Å². The number of aldehydes is 1. The first-order valence-electron chi connectivity index (χ1n) is 5.37. The second kappa shape index (κ2) is 5.06. The molecule has 0 saturated carbocycles. The molecule has 0 saturated heterocycles. The van der Waals surface area contributed by atoms with Crippen LogP contribution < -0.4 is 0 Å². The number of allylic oxidation sites excluding steroid dienone is 3. The highest BCUT2D eigenvalue weighted by atomic mass is 32.1. The second-order valence-electron chi connectivity index (χ2n) is 3.75. The molecule has 0 fully saturated rings. The molecule has 1 aromatic heterocycles. The zero-order valence-electron chi connectivity index (χ0n) is 9.64. The van der Waals surface area contributed by atoms with Gasteiger partial charge in [-0.15, -0.1) is 11.3 Å². The number of benzene rings is 1. The van der Waals surface area contributed by atoms with Crippen molar-refractivity contribution in [2.45, 2.75) is 13.3 Å². The van der Waals surface area contributed by atoms with Gasteiger partial charge < -0.3 is 4.79 Å². The first kappa shape index (κ1) is 11.7. The zero-order chi connectivity index (χ0) is 12.3. The minimum absolute atomic E-state index is 0.399. The number of carbonyl (C=O) groups is 1. The average molecular weight is 243 g/mol. The topological polar surface area (TPSA) is 30.0 Å². The van der Waals surface area contributed by atoms with E-state index in [-0.39, 0.29) is 0 Å². The smallest absolute Gasteiger partial charge is 0.126 e. The Morgan fingerprint density at radius 3 is 3.06 bits per heavy atom. The van der Waals surface area contributed by atoms with E-state index in [4.69, 9.17) is 0 Å². The minimum Gasteiger partial charge on any atom is -0.303 e. The quantitative estimate of drug-likeness (QED) is 0.606. The highest BCUT2D eigenvalue weighted by Crippen LogP contribution is 2.26. The predicted octanol–water partition coefficient (Wildman–Crippen LogP) is 3.63. The van der Waals surface area contributed by atoms with Crippen LogP contribution in [-0.4, -0.2) is 11.3 Å². The summed E-state index contributed by atoms with van der Waals surface area (Å²) in [6.45, 7) is 5.74. The molecule has 1 heterocycles. The van der Waals surface area contributed by atoms with Crippen molar-refractivity contribution in [1.29, 1.82) is 0 Å². The van der Waals surface area contributed by atoms with E-state index in [0.717, 1.165) is 21.5 Å². The first-order chi connectivity index (χ1) is 8.24. The van der Waals surface area contributed by atoms with Crippen LogP contribution in [0.25, 0.3) is 15.8 Å². The molecule has 0 atom stereocenters. The molecule has 86 valence electrons. The molecule has 3 heteroatoms. The maximum atomic E-state index is 10.5. The van der Waals surface area contributed by atoms with Crippen LogP contribution in [-0.2, 0) is 11.2 Å². The molecule has 2 rings (SSSR count). The molecule has 0 amide bonds. The maximum Gasteiger partial charge on any atom is 0.126 e. The summed E-state index contributed by atoms with van der Waals surface area (Å²) in [5.41, 5.74) is 3.30. The van der Waals surface area contributed by atoms with Gasteiger partial charge in [0, 0.05) is 0 Å². The van der Waals surface area contributed by atoms with E-state index in [0.29, 0.717) is 6.42 Å². The number of nitrogens with zero attached hydrogens (tertiary/aromatic N) is 1. The van der Waals surface area contributed by atoms with E-state index >= 15 is 0 Å². The normalized spacial score (nSPS) is 11.7. The lowest BCUT2D eigenvalue weighted by Gasteiger charge is -1.99. The van der Waals surface area contributed by atoms with E-state index in [1.54, 1.807) is 17.4 Å². The summed E-state index contributed by atoms with van der Waals surface area (Å²) in [5.74, 6) is 0. The fourth-order valence-corrected chi connectivity index (χ4v) is 2.60. The number of thiazole rings is 1. The van der Waals surface area contributed by atoms with Crippen molar-refractivity contribution >= 4 is 33.4 Å². The van der Waals surface area contributed by atoms with Crippen molar-refractivity contribution in [2.75, 3.05) is 0 Å². The Balaban J connectivity index is 2.46. The van der Waals surface area contributed by atoms with Gasteiger partial charge in [0.1, 0.15) is 11.3 Å². The van der Waals surface area contributed by atoms with Crippen LogP contribution in [0.4, 0.5) is 0 Å². The minimum atomic E-state index is 0.399. The number of carbonyl (C=O) groups excluding carboxylic acids is 1. The molecule has 0 aliphatic heterocycles. The van der Waals surface area contributed by atoms with Gasteiger partial charge in [-0.2, -0.15) is 0 Å². The van der Waals surface area contributed by atoms with Gasteiger partial charge in [-0.05, 0) is 30.2 Å². The lowest BCUT2D eigenvalue weighted by Crippen LogP contribution is -1.82. The Morgan fingerprint density at radius 2 is 2.35 bits per heavy atom. The Kier molecular flexibility index (Phi) is 3.49. The molecule has 0 radical (unpaired) electrons. The van der Waals surface area contributed by atoms with Crippen molar-refractivity contribution in [3.63, 3.8) is 0 Å². The van der Waals surface area contributed by atoms with Crippen LogP contribution in [0.3, 0.4) is 0 Å². The van der Waals surface area contributed by atoms with Gasteiger partial charge in [0.15, 0.2) is 0 Å². The number of aromatic nitrogens is 1. The summed E-state index contributed by atoms with van der Waals surface area (Å²) in [4.78, 5) is 14.9. The van der Waals surface area contributed by atoms with Crippen LogP contribution in [0, 0.1) is 0 Å². The van der Waals surface area contributed by atoms with Crippen LogP contribution in [0.2, 0.25) is 0 Å². The van der Waals surface area contributed by atoms with E-state index in [9.17, 15) is 4.79 Å². The van der Waals surface area contributed by atoms with Crippen molar-refractivity contribution in [1.82, 2.24) is 4.98 Å². The molecule has 0 unspecified atom stereocenters. The summed E-state index contributed by atoms with van der Waals surface area (Å²) in [7, 11) is 0. The molecule has 0 aliphatic carbocycles. The Labute approximate surface area is 104 Å². The van der Waals surface area contributed by atoms with Gasteiger partial charge in [-0.1, -0.05) is 24.8 Å². The summed E-state index contributed by atoms with van der Waals surface area (Å²) < 4.78 is 1.12. The SMILES string of the molecule is C=C/C=C(\C)c1ccc2nc(CC=O)sc2c1. The highest BCUT2D eigenvalue weighted by molar-refractivity contribution is 7.18. The number of fused-ring (bicyclic) bond motifs is 1. The molecule has 17 heavy (non-hydrogen) atoms. The number of hydrogen-bond donors (Lipinski definition) is 0. The van der Waals surface area contributed by atoms with Gasteiger partial charge >= 0.3 is 0 Å². The Hall–Kier alpha value is -1.74. The van der Waals surface area contributed by atoms with Gasteiger partial charge in [0.05, 0.1) is 16.6 Å². The van der Waals surface area contributed by atoms with Gasteiger partial charge in [0.25, 0.3) is 0 Å². The fraction of sp³-hybridized carbons (Fsp3) is 0.143. The molecule has 2 aromatic rings. The molecule has 1 aromatic carbocycles. The molecular weight excluding hydrogens is 230 g/mol. The van der Waals surface area contributed by atoms with E-state index in [1.165, 1.54) is 11.1 Å². The van der Waals surface area contributed by atoms with Gasteiger partial charge in [-0.3, -0.25) is 0 Å². The monoisotopic (exact) mass is 243 g/mol. The highest BCUT2D eigenvalue weighted by Gasteiger charge is 2.04. The molecule has 0 aliphatic rings. The van der Waals surface area contributed by atoms with E-state index in [1.807, 2.05) is 18.2 Å². The van der Waals surface area contributed by atoms with Crippen molar-refractivity contribution in [3.8, 4) is 0 Å². The Morgan fingerprint density at radius 1 is 1.53 bits per heavy atom. The summed E-state index contributed by atoms with van der Waals surface area (Å²) >= 11 is 1.58. The lowest BCUT2D eigenvalue weighted by atomic mass is 10.1. The van der Waals surface area contributed by atoms with Crippen LogP contribution in [0.15, 0.2) is 36.9 Å². The first-order valence-corrected chi connectivity index (χ1v) is 6.19. The molecular formula is C14H13NOS. The van der Waals surface area contributed by atoms with E-state index < -0.39 is 0 Å².